The van der Waals surface area contributed by atoms with Crippen LogP contribution >= 0.6 is 0 Å². The molecule has 1 fully saturated rings. The first-order valence-corrected chi connectivity index (χ1v) is 7.03. The molecule has 0 amide bonds. The quantitative estimate of drug-likeness (QED) is 0.785. The molecule has 1 saturated heterocycles. The number of hydrogen-bond donors (Lipinski definition) is 0. The van der Waals surface area contributed by atoms with E-state index >= 15 is 0 Å². The van der Waals surface area contributed by atoms with Crippen molar-refractivity contribution in [1.29, 1.82) is 0 Å². The summed E-state index contributed by atoms with van der Waals surface area (Å²) >= 11 is 0. The maximum Gasteiger partial charge on any atom is 0.323 e. The largest absolute Gasteiger partial charge is 0.468 e. The van der Waals surface area contributed by atoms with Crippen molar-refractivity contribution in [2.45, 2.75) is 45.7 Å². The lowest BCUT2D eigenvalue weighted by molar-refractivity contribution is -0.149. The monoisotopic (exact) mass is 265 g/mol. The van der Waals surface area contributed by atoms with Gasteiger partial charge in [-0.1, -0.05) is 13.8 Å². The van der Waals surface area contributed by atoms with E-state index < -0.39 is 0 Å². The fourth-order valence-corrected chi connectivity index (χ4v) is 2.66. The molecule has 1 aromatic heterocycles. The Bertz CT molecular complexity index is 427. The van der Waals surface area contributed by atoms with Crippen molar-refractivity contribution in [3.63, 3.8) is 0 Å². The van der Waals surface area contributed by atoms with E-state index in [1.165, 1.54) is 7.11 Å². The molecule has 1 aliphatic heterocycles. The Morgan fingerprint density at radius 1 is 1.47 bits per heavy atom. The molecule has 0 N–H and O–H groups in total. The molecule has 2 atom stereocenters. The van der Waals surface area contributed by atoms with Gasteiger partial charge in [-0.15, -0.1) is 0 Å². The predicted molar refractivity (Wildman–Crippen MR) is 72.7 cm³/mol. The van der Waals surface area contributed by atoms with Crippen LogP contribution < -0.4 is 0 Å². The van der Waals surface area contributed by atoms with Gasteiger partial charge in [0.1, 0.15) is 17.6 Å². The molecular weight excluding hydrogens is 242 g/mol. The predicted octanol–water partition coefficient (Wildman–Crippen LogP) is 2.62. The molecule has 106 valence electrons. The number of hydrogen-bond acceptors (Lipinski definition) is 4. The molecule has 4 heteroatoms. The van der Waals surface area contributed by atoms with Crippen molar-refractivity contribution in [1.82, 2.24) is 4.90 Å². The molecule has 2 heterocycles. The van der Waals surface area contributed by atoms with Gasteiger partial charge in [-0.3, -0.25) is 9.69 Å². The lowest BCUT2D eigenvalue weighted by atomic mass is 9.92. The zero-order valence-electron chi connectivity index (χ0n) is 12.0. The normalized spacial score (nSPS) is 24.4. The second-order valence-electron chi connectivity index (χ2n) is 5.36. The first-order valence-electron chi connectivity index (χ1n) is 7.03. The maximum atomic E-state index is 11.9. The van der Waals surface area contributed by atoms with E-state index in [2.05, 4.69) is 18.7 Å². The summed E-state index contributed by atoms with van der Waals surface area (Å²) in [6.45, 7) is 5.87. The van der Waals surface area contributed by atoms with Gasteiger partial charge in [0.2, 0.25) is 0 Å². The van der Waals surface area contributed by atoms with E-state index in [0.29, 0.717) is 12.5 Å². The molecule has 1 aliphatic rings. The summed E-state index contributed by atoms with van der Waals surface area (Å²) in [6.07, 6.45) is 2.89. The van der Waals surface area contributed by atoms with Crippen LogP contribution in [0.3, 0.4) is 0 Å². The zero-order chi connectivity index (χ0) is 13.8. The van der Waals surface area contributed by atoms with Crippen LogP contribution in [-0.2, 0) is 22.5 Å². The van der Waals surface area contributed by atoms with Gasteiger partial charge in [-0.25, -0.2) is 0 Å². The summed E-state index contributed by atoms with van der Waals surface area (Å²) in [5, 5.41) is 0. The Morgan fingerprint density at radius 2 is 2.21 bits per heavy atom. The van der Waals surface area contributed by atoms with Gasteiger partial charge >= 0.3 is 5.97 Å². The van der Waals surface area contributed by atoms with Gasteiger partial charge in [-0.2, -0.15) is 0 Å². The molecule has 0 saturated carbocycles. The smallest absolute Gasteiger partial charge is 0.323 e. The second kappa shape index (κ2) is 6.24. The summed E-state index contributed by atoms with van der Waals surface area (Å²) in [7, 11) is 1.46. The maximum absolute atomic E-state index is 11.9. The van der Waals surface area contributed by atoms with E-state index in [4.69, 9.17) is 9.15 Å². The Hall–Kier alpha value is -1.29. The number of aryl methyl sites for hydroxylation is 1. The first-order chi connectivity index (χ1) is 9.13. The standard InChI is InChI=1S/C15H23NO3/c1-4-12-5-6-13(19-12)10-16-8-7-11(2)9-14(16)15(17)18-3/h5-6,11,14H,4,7-10H2,1-3H3/t11-,14-/m0/s1. The highest BCUT2D eigenvalue weighted by molar-refractivity contribution is 5.75. The van der Waals surface area contributed by atoms with Gasteiger partial charge in [0.25, 0.3) is 0 Å². The minimum atomic E-state index is -0.135. The number of ether oxygens (including phenoxy) is 1. The molecule has 0 bridgehead atoms. The van der Waals surface area contributed by atoms with Crippen LogP contribution in [-0.4, -0.2) is 30.6 Å². The number of rotatable bonds is 4. The fraction of sp³-hybridized carbons (Fsp3) is 0.667. The third-order valence-electron chi connectivity index (χ3n) is 3.87. The number of carbonyl (C=O) groups is 1. The third-order valence-corrected chi connectivity index (χ3v) is 3.87. The molecule has 0 radical (unpaired) electrons. The van der Waals surface area contributed by atoms with Crippen molar-refractivity contribution >= 4 is 5.97 Å². The van der Waals surface area contributed by atoms with Crippen molar-refractivity contribution < 1.29 is 13.9 Å². The Kier molecular flexibility index (Phi) is 4.64. The van der Waals surface area contributed by atoms with Crippen LogP contribution in [0.25, 0.3) is 0 Å². The van der Waals surface area contributed by atoms with Crippen molar-refractivity contribution in [3.05, 3.63) is 23.7 Å². The summed E-state index contributed by atoms with van der Waals surface area (Å²) in [4.78, 5) is 14.1. The molecule has 0 unspecified atom stereocenters. The van der Waals surface area contributed by atoms with Gasteiger partial charge in [0.05, 0.1) is 13.7 Å². The van der Waals surface area contributed by atoms with E-state index in [0.717, 1.165) is 37.3 Å². The molecule has 0 spiro atoms. The highest BCUT2D eigenvalue weighted by Gasteiger charge is 2.32. The SMILES string of the molecule is CCc1ccc(CN2CC[C@H](C)C[C@H]2C(=O)OC)o1. The van der Waals surface area contributed by atoms with E-state index in [-0.39, 0.29) is 12.0 Å². The average Bonchev–Trinajstić information content (AvgIpc) is 2.87. The van der Waals surface area contributed by atoms with E-state index in [1.807, 2.05) is 12.1 Å². The van der Waals surface area contributed by atoms with Crippen LogP contribution in [0.2, 0.25) is 0 Å². The van der Waals surface area contributed by atoms with Gasteiger partial charge in [-0.05, 0) is 37.4 Å². The molecule has 1 aromatic rings. The number of methoxy groups -OCH3 is 1. The van der Waals surface area contributed by atoms with Gasteiger partial charge < -0.3 is 9.15 Å². The first kappa shape index (κ1) is 14.1. The topological polar surface area (TPSA) is 42.7 Å². The van der Waals surface area contributed by atoms with Crippen LogP contribution in [0, 0.1) is 5.92 Å². The minimum absolute atomic E-state index is 0.131. The molecular formula is C15H23NO3. The number of likely N-dealkylation sites (tertiary alicyclic amines) is 1. The number of nitrogens with zero attached hydrogens (tertiary/aromatic N) is 1. The summed E-state index contributed by atoms with van der Waals surface area (Å²) in [6, 6.07) is 3.88. The highest BCUT2D eigenvalue weighted by atomic mass is 16.5. The summed E-state index contributed by atoms with van der Waals surface area (Å²) in [5.74, 6) is 2.37. The highest BCUT2D eigenvalue weighted by Crippen LogP contribution is 2.25. The van der Waals surface area contributed by atoms with Gasteiger partial charge in [0, 0.05) is 6.42 Å². The molecule has 0 aromatic carbocycles. The van der Waals surface area contributed by atoms with Crippen molar-refractivity contribution in [3.8, 4) is 0 Å². The van der Waals surface area contributed by atoms with Crippen molar-refractivity contribution in [2.75, 3.05) is 13.7 Å². The Balaban J connectivity index is 2.05. The third kappa shape index (κ3) is 3.38. The lowest BCUT2D eigenvalue weighted by Crippen LogP contribution is -2.46. The lowest BCUT2D eigenvalue weighted by Gasteiger charge is -2.36. The average molecular weight is 265 g/mol. The van der Waals surface area contributed by atoms with Gasteiger partial charge in [0.15, 0.2) is 0 Å². The zero-order valence-corrected chi connectivity index (χ0v) is 12.0. The molecule has 0 aliphatic carbocycles. The van der Waals surface area contributed by atoms with Crippen LogP contribution in [0.15, 0.2) is 16.5 Å². The van der Waals surface area contributed by atoms with Crippen LogP contribution in [0.5, 0.6) is 0 Å². The fourth-order valence-electron chi connectivity index (χ4n) is 2.66. The second-order valence-corrected chi connectivity index (χ2v) is 5.36. The number of piperidine rings is 1. The van der Waals surface area contributed by atoms with Crippen LogP contribution in [0.4, 0.5) is 0 Å². The molecule has 2 rings (SSSR count). The Morgan fingerprint density at radius 3 is 2.84 bits per heavy atom. The molecule has 19 heavy (non-hydrogen) atoms. The van der Waals surface area contributed by atoms with E-state index in [9.17, 15) is 4.79 Å². The summed E-state index contributed by atoms with van der Waals surface area (Å²) < 4.78 is 10.7. The number of furan rings is 1. The van der Waals surface area contributed by atoms with Crippen LogP contribution in [0.1, 0.15) is 38.2 Å². The minimum Gasteiger partial charge on any atom is -0.468 e. The molecule has 4 nitrogen and oxygen atoms in total. The van der Waals surface area contributed by atoms with Crippen molar-refractivity contribution in [2.24, 2.45) is 5.92 Å². The number of esters is 1. The van der Waals surface area contributed by atoms with E-state index in [1.54, 1.807) is 0 Å². The Labute approximate surface area is 114 Å². The summed E-state index contributed by atoms with van der Waals surface area (Å²) in [5.41, 5.74) is 0. The number of carbonyl (C=O) groups excluding carboxylic acids is 1.